The predicted molar refractivity (Wildman–Crippen MR) is 39.4 cm³/mol. The second kappa shape index (κ2) is 1.88. The van der Waals surface area contributed by atoms with Crippen LogP contribution in [0.2, 0.25) is 0 Å². The first-order chi connectivity index (χ1) is 5.17. The molecule has 4 heteroatoms. The van der Waals surface area contributed by atoms with E-state index in [0.717, 1.165) is 13.1 Å². The Morgan fingerprint density at radius 2 is 2.55 bits per heavy atom. The van der Waals surface area contributed by atoms with Crippen molar-refractivity contribution in [1.82, 2.24) is 10.6 Å². The summed E-state index contributed by atoms with van der Waals surface area (Å²) < 4.78 is 0. The van der Waals surface area contributed by atoms with Gasteiger partial charge in [0, 0.05) is 19.0 Å². The van der Waals surface area contributed by atoms with E-state index < -0.39 is 6.09 Å². The van der Waals surface area contributed by atoms with Crippen LogP contribution in [-0.4, -0.2) is 29.8 Å². The summed E-state index contributed by atoms with van der Waals surface area (Å²) in [4.78, 5) is 10.4. The van der Waals surface area contributed by atoms with Gasteiger partial charge in [0.05, 0.1) is 5.54 Å². The van der Waals surface area contributed by atoms with Crippen molar-refractivity contribution in [2.45, 2.75) is 12.5 Å². The molecule has 1 amide bonds. The molecule has 0 aromatic carbocycles. The fourth-order valence-electron chi connectivity index (χ4n) is 2.26. The van der Waals surface area contributed by atoms with Gasteiger partial charge in [0.2, 0.25) is 0 Å². The van der Waals surface area contributed by atoms with E-state index in [1.165, 1.54) is 0 Å². The summed E-state index contributed by atoms with van der Waals surface area (Å²) in [5.74, 6) is 1.04. The maximum Gasteiger partial charge on any atom is 0.405 e. The molecule has 2 aliphatic rings. The normalized spacial score (nSPS) is 46.6. The smallest absolute Gasteiger partial charge is 0.405 e. The van der Waals surface area contributed by atoms with Crippen molar-refractivity contribution in [1.29, 1.82) is 0 Å². The molecule has 0 aromatic rings. The van der Waals surface area contributed by atoms with Crippen LogP contribution in [0.5, 0.6) is 0 Å². The van der Waals surface area contributed by atoms with Gasteiger partial charge in [0.15, 0.2) is 0 Å². The summed E-state index contributed by atoms with van der Waals surface area (Å²) in [5.41, 5.74) is -0.119. The van der Waals surface area contributed by atoms with Gasteiger partial charge in [0.25, 0.3) is 0 Å². The highest BCUT2D eigenvalue weighted by molar-refractivity contribution is 5.67. The third kappa shape index (κ3) is 0.758. The van der Waals surface area contributed by atoms with E-state index in [0.29, 0.717) is 11.8 Å². The molecule has 0 aromatic heterocycles. The highest BCUT2D eigenvalue weighted by atomic mass is 16.4. The predicted octanol–water partition coefficient (Wildman–Crippen LogP) is -0.138. The SMILES string of the molecule is C[C@H]1[C@H]2CNC[C@@]21NC(=O)O. The monoisotopic (exact) mass is 156 g/mol. The average Bonchev–Trinajstić information content (AvgIpc) is 2.37. The van der Waals surface area contributed by atoms with Gasteiger partial charge < -0.3 is 15.7 Å². The minimum absolute atomic E-state index is 0.119. The third-order valence-corrected chi connectivity index (χ3v) is 3.09. The van der Waals surface area contributed by atoms with Crippen LogP contribution in [0.3, 0.4) is 0 Å². The summed E-state index contributed by atoms with van der Waals surface area (Å²) in [7, 11) is 0. The Morgan fingerprint density at radius 1 is 1.82 bits per heavy atom. The summed E-state index contributed by atoms with van der Waals surface area (Å²) in [6.45, 7) is 3.86. The Balaban J connectivity index is 2.06. The lowest BCUT2D eigenvalue weighted by Crippen LogP contribution is -2.42. The zero-order valence-electron chi connectivity index (χ0n) is 6.42. The summed E-state index contributed by atoms with van der Waals surface area (Å²) >= 11 is 0. The molecule has 1 aliphatic carbocycles. The molecule has 1 aliphatic heterocycles. The molecular weight excluding hydrogens is 144 g/mol. The van der Waals surface area contributed by atoms with Crippen LogP contribution in [0, 0.1) is 11.8 Å². The molecule has 0 radical (unpaired) electrons. The lowest BCUT2D eigenvalue weighted by Gasteiger charge is -2.12. The Kier molecular flexibility index (Phi) is 1.18. The Hall–Kier alpha value is -0.770. The Labute approximate surface area is 65.0 Å². The van der Waals surface area contributed by atoms with Gasteiger partial charge in [-0.1, -0.05) is 6.92 Å². The molecule has 0 bridgehead atoms. The van der Waals surface area contributed by atoms with E-state index in [-0.39, 0.29) is 5.54 Å². The molecule has 3 N–H and O–H groups in total. The van der Waals surface area contributed by atoms with Gasteiger partial charge in [-0.2, -0.15) is 0 Å². The van der Waals surface area contributed by atoms with Gasteiger partial charge >= 0.3 is 6.09 Å². The van der Waals surface area contributed by atoms with Crippen molar-refractivity contribution in [2.24, 2.45) is 11.8 Å². The van der Waals surface area contributed by atoms with E-state index >= 15 is 0 Å². The number of rotatable bonds is 1. The average molecular weight is 156 g/mol. The first-order valence-corrected chi connectivity index (χ1v) is 3.88. The van der Waals surface area contributed by atoms with Crippen LogP contribution in [0.1, 0.15) is 6.92 Å². The molecule has 4 nitrogen and oxygen atoms in total. The largest absolute Gasteiger partial charge is 0.465 e. The summed E-state index contributed by atoms with van der Waals surface area (Å²) in [6.07, 6.45) is -0.900. The van der Waals surface area contributed by atoms with Crippen LogP contribution >= 0.6 is 0 Å². The molecule has 62 valence electrons. The van der Waals surface area contributed by atoms with Gasteiger partial charge in [-0.25, -0.2) is 4.79 Å². The molecule has 2 fully saturated rings. The highest BCUT2D eigenvalue weighted by Crippen LogP contribution is 2.52. The second-order valence-electron chi connectivity index (χ2n) is 3.50. The van der Waals surface area contributed by atoms with E-state index in [9.17, 15) is 4.79 Å². The van der Waals surface area contributed by atoms with Gasteiger partial charge in [-0.05, 0) is 5.92 Å². The molecule has 1 heterocycles. The minimum atomic E-state index is -0.900. The van der Waals surface area contributed by atoms with E-state index in [1.807, 2.05) is 0 Å². The quantitative estimate of drug-likeness (QED) is 0.495. The number of amides is 1. The van der Waals surface area contributed by atoms with Crippen LogP contribution in [-0.2, 0) is 0 Å². The highest BCUT2D eigenvalue weighted by Gasteiger charge is 2.65. The topological polar surface area (TPSA) is 61.4 Å². The fraction of sp³-hybridized carbons (Fsp3) is 0.857. The number of hydrogen-bond donors (Lipinski definition) is 3. The molecule has 0 unspecified atom stereocenters. The van der Waals surface area contributed by atoms with Crippen molar-refractivity contribution >= 4 is 6.09 Å². The maximum atomic E-state index is 10.4. The lowest BCUT2D eigenvalue weighted by molar-refractivity contribution is 0.187. The number of carboxylic acid groups (broad SMARTS) is 1. The van der Waals surface area contributed by atoms with E-state index in [1.54, 1.807) is 0 Å². The van der Waals surface area contributed by atoms with E-state index in [2.05, 4.69) is 17.6 Å². The summed E-state index contributed by atoms with van der Waals surface area (Å²) in [6, 6.07) is 0. The number of hydrogen-bond acceptors (Lipinski definition) is 2. The first-order valence-electron chi connectivity index (χ1n) is 3.88. The zero-order valence-corrected chi connectivity index (χ0v) is 6.42. The van der Waals surface area contributed by atoms with Crippen molar-refractivity contribution in [3.05, 3.63) is 0 Å². The fourth-order valence-corrected chi connectivity index (χ4v) is 2.26. The van der Waals surface area contributed by atoms with Crippen molar-refractivity contribution in [2.75, 3.05) is 13.1 Å². The molecule has 3 atom stereocenters. The van der Waals surface area contributed by atoms with Crippen LogP contribution in [0.25, 0.3) is 0 Å². The number of nitrogens with one attached hydrogen (secondary N) is 2. The first kappa shape index (κ1) is 6.91. The van der Waals surface area contributed by atoms with Crippen molar-refractivity contribution in [3.8, 4) is 0 Å². The standard InChI is InChI=1S/C7H12N2O2/c1-4-5-2-8-3-7(4,5)9-6(10)11/h4-5,8-9H,2-3H2,1H3,(H,10,11)/t4-,5+,7-/m0/s1. The summed E-state index contributed by atoms with van der Waals surface area (Å²) in [5, 5.41) is 14.3. The zero-order chi connectivity index (χ0) is 8.06. The van der Waals surface area contributed by atoms with Crippen LogP contribution in [0.15, 0.2) is 0 Å². The molecule has 0 spiro atoms. The lowest BCUT2D eigenvalue weighted by atomic mass is 10.2. The number of piperidine rings is 1. The number of carbonyl (C=O) groups is 1. The van der Waals surface area contributed by atoms with Gasteiger partial charge in [-0.3, -0.25) is 0 Å². The molecule has 11 heavy (non-hydrogen) atoms. The van der Waals surface area contributed by atoms with E-state index in [4.69, 9.17) is 5.11 Å². The minimum Gasteiger partial charge on any atom is -0.465 e. The van der Waals surface area contributed by atoms with Crippen molar-refractivity contribution < 1.29 is 9.90 Å². The molecule has 1 saturated heterocycles. The van der Waals surface area contributed by atoms with Crippen molar-refractivity contribution in [3.63, 3.8) is 0 Å². The Morgan fingerprint density at radius 3 is 3.00 bits per heavy atom. The maximum absolute atomic E-state index is 10.4. The second-order valence-corrected chi connectivity index (χ2v) is 3.50. The number of fused-ring (bicyclic) bond motifs is 1. The Bertz CT molecular complexity index is 207. The molecular formula is C7H12N2O2. The van der Waals surface area contributed by atoms with Gasteiger partial charge in [0.1, 0.15) is 0 Å². The molecule has 2 rings (SSSR count). The van der Waals surface area contributed by atoms with Crippen LogP contribution < -0.4 is 10.6 Å². The van der Waals surface area contributed by atoms with Crippen LogP contribution in [0.4, 0.5) is 4.79 Å². The van der Waals surface area contributed by atoms with Gasteiger partial charge in [-0.15, -0.1) is 0 Å². The molecule has 1 saturated carbocycles. The third-order valence-electron chi connectivity index (χ3n) is 3.09.